The maximum Gasteiger partial charge on any atom is 0.388 e. The minimum absolute atomic E-state index is 0.0995. The van der Waals surface area contributed by atoms with Crippen molar-refractivity contribution >= 4 is 13.7 Å². The summed E-state index contributed by atoms with van der Waals surface area (Å²) in [7, 11) is -2.67. The van der Waals surface area contributed by atoms with Crippen LogP contribution in [0.5, 0.6) is 0 Å². The molecule has 0 N–H and O–H groups in total. The molecule has 0 amide bonds. The third-order valence-electron chi connectivity index (χ3n) is 0.892. The first-order chi connectivity index (χ1) is 5.57. The summed E-state index contributed by atoms with van der Waals surface area (Å²) >= 11 is 0. The molecule has 0 aliphatic heterocycles. The lowest BCUT2D eigenvalue weighted by Gasteiger charge is -2.03. The first-order valence-corrected chi connectivity index (χ1v) is 4.87. The molecule has 1 atom stereocenters. The van der Waals surface area contributed by atoms with Crippen LogP contribution in [-0.4, -0.2) is 18.9 Å². The molecular weight excluding hydrogens is 179 g/mol. The van der Waals surface area contributed by atoms with Crippen molar-refractivity contribution in [1.82, 2.24) is 0 Å². The number of rotatable bonds is 5. The predicted molar refractivity (Wildman–Crippen MR) is 46.8 cm³/mol. The molecule has 0 aliphatic rings. The van der Waals surface area contributed by atoms with Gasteiger partial charge in [0.1, 0.15) is 6.61 Å². The molecule has 0 aromatic carbocycles. The summed E-state index contributed by atoms with van der Waals surface area (Å²) in [5, 5.41) is 0. The fourth-order valence-electron chi connectivity index (χ4n) is 0.438. The van der Waals surface area contributed by atoms with Gasteiger partial charge in [-0.25, -0.2) is 4.79 Å². The molecule has 4 nitrogen and oxygen atoms in total. The zero-order valence-corrected chi connectivity index (χ0v) is 8.25. The van der Waals surface area contributed by atoms with Gasteiger partial charge in [-0.15, -0.1) is 0 Å². The highest BCUT2D eigenvalue weighted by Crippen LogP contribution is 2.24. The molecule has 0 saturated carbocycles. The van der Waals surface area contributed by atoms with Crippen LogP contribution in [0, 0.1) is 0 Å². The van der Waals surface area contributed by atoms with Gasteiger partial charge >= 0.3 is 5.71 Å². The Bertz CT molecular complexity index is 200. The van der Waals surface area contributed by atoms with E-state index < -0.39 is 13.7 Å². The molecule has 1 unspecified atom stereocenters. The lowest BCUT2D eigenvalue weighted by molar-refractivity contribution is 0.177. The van der Waals surface area contributed by atoms with Gasteiger partial charge in [-0.05, 0) is 19.4 Å². The van der Waals surface area contributed by atoms with Crippen LogP contribution in [0.4, 0.5) is 4.79 Å². The van der Waals surface area contributed by atoms with E-state index in [1.54, 1.807) is 13.8 Å². The second-order valence-corrected chi connectivity index (χ2v) is 3.53. The summed E-state index contributed by atoms with van der Waals surface area (Å²) in [6.07, 6.45) is 0. The predicted octanol–water partition coefficient (Wildman–Crippen LogP) is 2.21. The average molecular weight is 192 g/mol. The van der Waals surface area contributed by atoms with E-state index >= 15 is 0 Å². The number of hydrogen-bond acceptors (Lipinski definition) is 4. The summed E-state index contributed by atoms with van der Waals surface area (Å²) in [5.41, 5.74) is -0.0838. The van der Waals surface area contributed by atoms with Crippen LogP contribution in [0.1, 0.15) is 13.8 Å². The molecule has 0 aromatic rings. The van der Waals surface area contributed by atoms with E-state index in [0.717, 1.165) is 0 Å². The van der Waals surface area contributed by atoms with Crippen molar-refractivity contribution in [1.29, 1.82) is 0 Å². The third-order valence-corrected chi connectivity index (χ3v) is 1.92. The van der Waals surface area contributed by atoms with Crippen molar-refractivity contribution in [3.05, 3.63) is 12.2 Å². The Balaban J connectivity index is 3.72. The summed E-state index contributed by atoms with van der Waals surface area (Å²) in [6, 6.07) is 0. The fourth-order valence-corrected chi connectivity index (χ4v) is 1.01. The van der Waals surface area contributed by atoms with E-state index in [0.29, 0.717) is 5.57 Å². The summed E-state index contributed by atoms with van der Waals surface area (Å²) in [6.45, 7) is 7.25. The van der Waals surface area contributed by atoms with E-state index in [1.165, 1.54) is 0 Å². The lowest BCUT2D eigenvalue weighted by atomic mass is 10.4. The maximum absolute atomic E-state index is 10.8. The number of carbonyl (C=O) groups is 1. The SMILES string of the molecule is C=C(C)COC(=O)[PH](=O)OCC. The van der Waals surface area contributed by atoms with Gasteiger partial charge < -0.3 is 9.26 Å². The van der Waals surface area contributed by atoms with Crippen LogP contribution in [0.2, 0.25) is 0 Å². The Morgan fingerprint density at radius 3 is 2.58 bits per heavy atom. The van der Waals surface area contributed by atoms with Crippen molar-refractivity contribution in [2.24, 2.45) is 0 Å². The molecular formula is C7H13O4P. The Morgan fingerprint density at radius 2 is 2.17 bits per heavy atom. The molecule has 0 fully saturated rings. The minimum atomic E-state index is -2.67. The second kappa shape index (κ2) is 5.98. The highest BCUT2D eigenvalue weighted by Gasteiger charge is 2.11. The van der Waals surface area contributed by atoms with Crippen molar-refractivity contribution in [3.8, 4) is 0 Å². The summed E-state index contributed by atoms with van der Waals surface area (Å²) in [4.78, 5) is 10.8. The fraction of sp³-hybridized carbons (Fsp3) is 0.571. The van der Waals surface area contributed by atoms with Crippen LogP contribution in [0.15, 0.2) is 12.2 Å². The van der Waals surface area contributed by atoms with Crippen LogP contribution in [0.3, 0.4) is 0 Å². The first-order valence-electron chi connectivity index (χ1n) is 3.56. The van der Waals surface area contributed by atoms with E-state index in [4.69, 9.17) is 0 Å². The van der Waals surface area contributed by atoms with Crippen molar-refractivity contribution in [3.63, 3.8) is 0 Å². The van der Waals surface area contributed by atoms with Crippen molar-refractivity contribution in [2.75, 3.05) is 13.2 Å². The highest BCUT2D eigenvalue weighted by atomic mass is 31.1. The largest absolute Gasteiger partial charge is 0.454 e. The van der Waals surface area contributed by atoms with Gasteiger partial charge in [-0.2, -0.15) is 0 Å². The molecule has 0 rings (SSSR count). The molecule has 0 aromatic heterocycles. The van der Waals surface area contributed by atoms with Crippen LogP contribution < -0.4 is 0 Å². The molecule has 0 saturated heterocycles. The Hall–Kier alpha value is -0.600. The zero-order valence-electron chi connectivity index (χ0n) is 7.25. The third kappa shape index (κ3) is 5.10. The van der Waals surface area contributed by atoms with Crippen molar-refractivity contribution < 1.29 is 18.6 Å². The smallest absolute Gasteiger partial charge is 0.388 e. The molecule has 12 heavy (non-hydrogen) atoms. The molecule has 0 bridgehead atoms. The van der Waals surface area contributed by atoms with Gasteiger partial charge in [0, 0.05) is 0 Å². The molecule has 0 radical (unpaired) electrons. The molecule has 70 valence electrons. The zero-order chi connectivity index (χ0) is 9.56. The topological polar surface area (TPSA) is 52.6 Å². The summed E-state index contributed by atoms with van der Waals surface area (Å²) < 4.78 is 20.0. The molecule has 0 heterocycles. The van der Waals surface area contributed by atoms with Crippen molar-refractivity contribution in [2.45, 2.75) is 13.8 Å². The van der Waals surface area contributed by atoms with E-state index in [2.05, 4.69) is 15.8 Å². The highest BCUT2D eigenvalue weighted by molar-refractivity contribution is 7.58. The normalized spacial score (nSPS) is 12.2. The first kappa shape index (κ1) is 11.4. The van der Waals surface area contributed by atoms with Gasteiger partial charge in [0.2, 0.25) is 0 Å². The maximum atomic E-state index is 10.8. The summed E-state index contributed by atoms with van der Waals surface area (Å²) in [5.74, 6) is 0. The van der Waals surface area contributed by atoms with Gasteiger partial charge in [0.15, 0.2) is 0 Å². The number of hydrogen-bond donors (Lipinski definition) is 0. The number of ether oxygens (including phenoxy) is 1. The van der Waals surface area contributed by atoms with Gasteiger partial charge in [0.05, 0.1) is 6.61 Å². The monoisotopic (exact) mass is 192 g/mol. The second-order valence-electron chi connectivity index (χ2n) is 2.25. The van der Waals surface area contributed by atoms with E-state index in [1.807, 2.05) is 0 Å². The van der Waals surface area contributed by atoms with Crippen LogP contribution in [0.25, 0.3) is 0 Å². The van der Waals surface area contributed by atoms with E-state index in [9.17, 15) is 9.36 Å². The number of carbonyl (C=O) groups excluding carboxylic acids is 1. The lowest BCUT2D eigenvalue weighted by Crippen LogP contribution is -2.00. The van der Waals surface area contributed by atoms with Crippen LogP contribution in [-0.2, 0) is 13.8 Å². The van der Waals surface area contributed by atoms with Crippen LogP contribution >= 0.6 is 8.03 Å². The molecule has 5 heteroatoms. The van der Waals surface area contributed by atoms with E-state index in [-0.39, 0.29) is 13.2 Å². The van der Waals surface area contributed by atoms with Gasteiger partial charge in [-0.1, -0.05) is 6.58 Å². The Kier molecular flexibility index (Phi) is 5.68. The van der Waals surface area contributed by atoms with Gasteiger partial charge in [0.25, 0.3) is 8.03 Å². The molecule has 0 aliphatic carbocycles. The Morgan fingerprint density at radius 1 is 1.58 bits per heavy atom. The molecule has 0 spiro atoms. The standard InChI is InChI=1S/C7H13O4P/c1-4-11-12(9)7(8)10-5-6(2)3/h12H,2,4-5H2,1,3H3. The Labute approximate surface area is 72.4 Å². The van der Waals surface area contributed by atoms with Gasteiger partial charge in [-0.3, -0.25) is 4.57 Å². The quantitative estimate of drug-likeness (QED) is 0.495. The minimum Gasteiger partial charge on any atom is -0.454 e. The average Bonchev–Trinajstić information content (AvgIpc) is 2.00.